The summed E-state index contributed by atoms with van der Waals surface area (Å²) in [5.41, 5.74) is 3.08. The third kappa shape index (κ3) is 3.42. The summed E-state index contributed by atoms with van der Waals surface area (Å²) in [6, 6.07) is 0.415. The van der Waals surface area contributed by atoms with Crippen molar-refractivity contribution in [3.63, 3.8) is 0 Å². The second kappa shape index (κ2) is 7.28. The zero-order valence-corrected chi connectivity index (χ0v) is 15.0. The summed E-state index contributed by atoms with van der Waals surface area (Å²) in [6.45, 7) is 4.00. The number of fused-ring (bicyclic) bond motifs is 1. The predicted octanol–water partition coefficient (Wildman–Crippen LogP) is 2.85. The molecule has 2 heterocycles. The van der Waals surface area contributed by atoms with Crippen LogP contribution in [0, 0.1) is 13.8 Å². The van der Waals surface area contributed by atoms with E-state index in [1.807, 2.05) is 25.8 Å². The zero-order valence-electron chi connectivity index (χ0n) is 15.0. The summed E-state index contributed by atoms with van der Waals surface area (Å²) in [6.07, 6.45) is 10.1. The van der Waals surface area contributed by atoms with Gasteiger partial charge in [-0.1, -0.05) is 25.7 Å². The maximum atomic E-state index is 12.6. The van der Waals surface area contributed by atoms with Gasteiger partial charge in [0.2, 0.25) is 5.91 Å². The average molecular weight is 329 g/mol. The van der Waals surface area contributed by atoms with Gasteiger partial charge in [0.15, 0.2) is 0 Å². The highest BCUT2D eigenvalue weighted by Crippen LogP contribution is 2.22. The Labute approximate surface area is 143 Å². The Balaban J connectivity index is 1.67. The Bertz CT molecular complexity index is 716. The van der Waals surface area contributed by atoms with E-state index in [4.69, 9.17) is 0 Å². The first-order valence-electron chi connectivity index (χ1n) is 8.99. The van der Waals surface area contributed by atoms with E-state index in [-0.39, 0.29) is 5.91 Å². The van der Waals surface area contributed by atoms with Crippen molar-refractivity contribution in [3.8, 4) is 0 Å². The quantitative estimate of drug-likeness (QED) is 0.809. The summed E-state index contributed by atoms with van der Waals surface area (Å²) in [7, 11) is 1.97. The van der Waals surface area contributed by atoms with Crippen molar-refractivity contribution in [3.05, 3.63) is 23.3 Å². The van der Waals surface area contributed by atoms with Gasteiger partial charge < -0.3 is 4.90 Å². The fourth-order valence-corrected chi connectivity index (χ4v) is 3.77. The van der Waals surface area contributed by atoms with Gasteiger partial charge in [-0.2, -0.15) is 10.1 Å². The molecule has 2 aromatic heterocycles. The number of nitrogens with zero attached hydrogens (tertiary/aromatic N) is 5. The molecule has 0 aliphatic heterocycles. The number of aromatic nitrogens is 4. The lowest BCUT2D eigenvalue weighted by atomic mass is 10.0. The van der Waals surface area contributed by atoms with Crippen LogP contribution in [0.2, 0.25) is 0 Å². The number of hydrogen-bond donors (Lipinski definition) is 0. The van der Waals surface area contributed by atoms with Crippen LogP contribution in [0.3, 0.4) is 0 Å². The Hall–Kier alpha value is -1.98. The van der Waals surface area contributed by atoms with Gasteiger partial charge >= 0.3 is 0 Å². The van der Waals surface area contributed by atoms with E-state index < -0.39 is 0 Å². The van der Waals surface area contributed by atoms with Crippen LogP contribution < -0.4 is 0 Å². The third-order valence-corrected chi connectivity index (χ3v) is 5.34. The first kappa shape index (κ1) is 16.9. The number of aryl methyl sites for hydroxylation is 2. The van der Waals surface area contributed by atoms with E-state index in [0.29, 0.717) is 24.7 Å². The normalized spacial score (nSPS) is 16.3. The molecule has 0 atom stereocenters. The average Bonchev–Trinajstić information content (AvgIpc) is 2.87. The van der Waals surface area contributed by atoms with Gasteiger partial charge in [0.05, 0.1) is 0 Å². The van der Waals surface area contributed by atoms with Crippen LogP contribution in [0.1, 0.15) is 61.9 Å². The molecule has 1 aliphatic rings. The van der Waals surface area contributed by atoms with E-state index in [9.17, 15) is 4.79 Å². The van der Waals surface area contributed by atoms with Gasteiger partial charge in [-0.15, -0.1) is 0 Å². The molecule has 6 heteroatoms. The van der Waals surface area contributed by atoms with Crippen molar-refractivity contribution in [2.24, 2.45) is 0 Å². The number of rotatable bonds is 4. The van der Waals surface area contributed by atoms with Crippen LogP contribution in [0.15, 0.2) is 6.33 Å². The molecule has 1 amide bonds. The number of carbonyl (C=O) groups excluding carboxylic acids is 1. The molecule has 1 fully saturated rings. The Morgan fingerprint density at radius 3 is 2.67 bits per heavy atom. The first-order chi connectivity index (χ1) is 11.6. The number of carbonyl (C=O) groups is 1. The molecular weight excluding hydrogens is 302 g/mol. The van der Waals surface area contributed by atoms with Gasteiger partial charge in [0.1, 0.15) is 6.33 Å². The summed E-state index contributed by atoms with van der Waals surface area (Å²) >= 11 is 0. The second-order valence-corrected chi connectivity index (χ2v) is 6.88. The molecular formula is C18H27N5O. The van der Waals surface area contributed by atoms with Crippen molar-refractivity contribution >= 4 is 11.7 Å². The van der Waals surface area contributed by atoms with E-state index in [1.165, 1.54) is 32.0 Å². The molecule has 1 aliphatic carbocycles. The monoisotopic (exact) mass is 329 g/mol. The van der Waals surface area contributed by atoms with E-state index in [0.717, 1.165) is 29.8 Å². The van der Waals surface area contributed by atoms with Crippen molar-refractivity contribution in [1.82, 2.24) is 24.5 Å². The topological polar surface area (TPSA) is 63.4 Å². The lowest BCUT2D eigenvalue weighted by Gasteiger charge is -2.27. The molecule has 0 bridgehead atoms. The van der Waals surface area contributed by atoms with Crippen molar-refractivity contribution in [2.45, 2.75) is 71.3 Å². The van der Waals surface area contributed by atoms with Crippen LogP contribution in [0.5, 0.6) is 0 Å². The smallest absolute Gasteiger partial charge is 0.252 e. The lowest BCUT2D eigenvalue weighted by Crippen LogP contribution is -2.36. The minimum absolute atomic E-state index is 0.236. The van der Waals surface area contributed by atoms with Crippen molar-refractivity contribution in [2.75, 3.05) is 7.05 Å². The van der Waals surface area contributed by atoms with Crippen molar-refractivity contribution in [1.29, 1.82) is 0 Å². The van der Waals surface area contributed by atoms with E-state index in [1.54, 1.807) is 4.52 Å². The van der Waals surface area contributed by atoms with Gasteiger partial charge in [0.25, 0.3) is 5.78 Å². The second-order valence-electron chi connectivity index (χ2n) is 6.88. The molecule has 6 nitrogen and oxygen atoms in total. The Morgan fingerprint density at radius 2 is 1.96 bits per heavy atom. The van der Waals surface area contributed by atoms with Crippen LogP contribution in [-0.4, -0.2) is 43.5 Å². The highest BCUT2D eigenvalue weighted by Gasteiger charge is 2.21. The molecule has 1 saturated carbocycles. The molecule has 0 aromatic carbocycles. The van der Waals surface area contributed by atoms with Gasteiger partial charge in [-0.25, -0.2) is 9.50 Å². The maximum absolute atomic E-state index is 12.6. The van der Waals surface area contributed by atoms with Crippen molar-refractivity contribution < 1.29 is 4.79 Å². The molecule has 3 rings (SSSR count). The number of hydrogen-bond acceptors (Lipinski definition) is 4. The molecule has 130 valence electrons. The molecule has 24 heavy (non-hydrogen) atoms. The summed E-state index contributed by atoms with van der Waals surface area (Å²) in [5.74, 6) is 0.857. The third-order valence-electron chi connectivity index (χ3n) is 5.34. The van der Waals surface area contributed by atoms with Gasteiger partial charge in [-0.05, 0) is 38.7 Å². The number of amides is 1. The molecule has 2 aromatic rings. The van der Waals surface area contributed by atoms with Gasteiger partial charge in [-0.3, -0.25) is 4.79 Å². The highest BCUT2D eigenvalue weighted by molar-refractivity contribution is 5.76. The molecule has 0 N–H and O–H groups in total. The standard InChI is InChI=1S/C18H27N5O/c1-13-16(14(2)23-18(21-13)19-12-20-23)10-11-17(24)22(3)15-8-6-4-5-7-9-15/h12,15H,4-11H2,1-3H3. The van der Waals surface area contributed by atoms with Crippen LogP contribution in [-0.2, 0) is 11.2 Å². The molecule has 0 saturated heterocycles. The Kier molecular flexibility index (Phi) is 5.11. The SMILES string of the molecule is Cc1nc2ncnn2c(C)c1CCC(=O)N(C)C1CCCCCC1. The largest absolute Gasteiger partial charge is 0.343 e. The van der Waals surface area contributed by atoms with Crippen LogP contribution in [0.25, 0.3) is 5.78 Å². The van der Waals surface area contributed by atoms with E-state index >= 15 is 0 Å². The lowest BCUT2D eigenvalue weighted by molar-refractivity contribution is -0.132. The zero-order chi connectivity index (χ0) is 17.1. The highest BCUT2D eigenvalue weighted by atomic mass is 16.2. The van der Waals surface area contributed by atoms with Crippen LogP contribution >= 0.6 is 0 Å². The summed E-state index contributed by atoms with van der Waals surface area (Å²) in [5, 5.41) is 4.21. The maximum Gasteiger partial charge on any atom is 0.252 e. The molecule has 0 spiro atoms. The summed E-state index contributed by atoms with van der Waals surface area (Å²) in [4.78, 5) is 23.2. The molecule has 0 unspecified atom stereocenters. The van der Waals surface area contributed by atoms with Gasteiger partial charge in [0, 0.05) is 30.9 Å². The van der Waals surface area contributed by atoms with E-state index in [2.05, 4.69) is 15.1 Å². The summed E-state index contributed by atoms with van der Waals surface area (Å²) < 4.78 is 1.75. The fraction of sp³-hybridized carbons (Fsp3) is 0.667. The minimum atomic E-state index is 0.236. The Morgan fingerprint density at radius 1 is 1.25 bits per heavy atom. The minimum Gasteiger partial charge on any atom is -0.343 e. The molecule has 0 radical (unpaired) electrons. The predicted molar refractivity (Wildman–Crippen MR) is 92.8 cm³/mol. The van der Waals surface area contributed by atoms with Crippen LogP contribution in [0.4, 0.5) is 0 Å². The fourth-order valence-electron chi connectivity index (χ4n) is 3.77. The first-order valence-corrected chi connectivity index (χ1v) is 8.99.